The number of imide groups is 1. The number of anilines is 1. The summed E-state index contributed by atoms with van der Waals surface area (Å²) >= 11 is 1.22. The molecule has 27 heavy (non-hydrogen) atoms. The van der Waals surface area contributed by atoms with Crippen molar-refractivity contribution in [2.75, 3.05) is 25.0 Å². The number of nitriles is 1. The molecular formula is C17H18N4O5S. The van der Waals surface area contributed by atoms with Gasteiger partial charge in [-0.25, -0.2) is 4.79 Å². The van der Waals surface area contributed by atoms with Crippen LogP contribution in [0, 0.1) is 11.3 Å². The predicted molar refractivity (Wildman–Crippen MR) is 94.8 cm³/mol. The highest BCUT2D eigenvalue weighted by Crippen LogP contribution is 2.36. The molecule has 0 bridgehead atoms. The van der Waals surface area contributed by atoms with E-state index in [0.29, 0.717) is 30.1 Å². The maximum atomic E-state index is 12.3. The number of rotatable bonds is 4. The number of nitrogens with one attached hydrogen (secondary N) is 1. The summed E-state index contributed by atoms with van der Waals surface area (Å²) in [6.45, 7) is 2.40. The predicted octanol–water partition coefficient (Wildman–Crippen LogP) is 1.22. The highest BCUT2D eigenvalue weighted by atomic mass is 32.1. The van der Waals surface area contributed by atoms with Gasteiger partial charge in [-0.05, 0) is 18.9 Å². The highest BCUT2D eigenvalue weighted by Gasteiger charge is 2.32. The van der Waals surface area contributed by atoms with E-state index in [-0.39, 0.29) is 37.8 Å². The van der Waals surface area contributed by atoms with E-state index in [0.717, 1.165) is 15.3 Å². The summed E-state index contributed by atoms with van der Waals surface area (Å²) in [7, 11) is 0. The van der Waals surface area contributed by atoms with Gasteiger partial charge in [-0.1, -0.05) is 0 Å². The molecule has 1 N–H and O–H groups in total. The molecule has 2 aliphatic heterocycles. The Balaban J connectivity index is 1.73. The minimum atomic E-state index is -0.532. The third-order valence-corrected chi connectivity index (χ3v) is 5.54. The second kappa shape index (κ2) is 7.75. The van der Waals surface area contributed by atoms with Gasteiger partial charge in [0.1, 0.15) is 17.6 Å². The Labute approximate surface area is 159 Å². The average molecular weight is 390 g/mol. The number of carbonyl (C=O) groups excluding carboxylic acids is 4. The van der Waals surface area contributed by atoms with E-state index in [2.05, 4.69) is 11.4 Å². The van der Waals surface area contributed by atoms with Crippen molar-refractivity contribution in [3.63, 3.8) is 0 Å². The van der Waals surface area contributed by atoms with E-state index < -0.39 is 12.0 Å². The molecule has 4 amide bonds. The zero-order valence-corrected chi connectivity index (χ0v) is 15.6. The second-order valence-corrected chi connectivity index (χ2v) is 7.22. The number of nitrogens with zero attached hydrogens (tertiary/aromatic N) is 3. The van der Waals surface area contributed by atoms with Crippen LogP contribution < -0.4 is 5.32 Å². The van der Waals surface area contributed by atoms with Crippen molar-refractivity contribution in [3.05, 3.63) is 16.0 Å². The van der Waals surface area contributed by atoms with Gasteiger partial charge in [0.2, 0.25) is 17.7 Å². The molecule has 3 heterocycles. The quantitative estimate of drug-likeness (QED) is 0.772. The molecule has 1 saturated heterocycles. The van der Waals surface area contributed by atoms with Gasteiger partial charge in [-0.2, -0.15) is 5.26 Å². The molecule has 0 aromatic carbocycles. The standard InChI is InChI=1S/C17H18N4O5S/c1-2-26-17(25)20-6-5-10-11(7-18)16(27-12(10)8-20)19-13(22)9-21-14(23)3-4-15(21)24/h2-6,8-9H2,1H3,(H,19,22). The molecule has 0 radical (unpaired) electrons. The fraction of sp³-hybridized carbons (Fsp3) is 0.471. The summed E-state index contributed by atoms with van der Waals surface area (Å²) in [6, 6.07) is 2.10. The van der Waals surface area contributed by atoms with Crippen molar-refractivity contribution in [3.8, 4) is 6.07 Å². The second-order valence-electron chi connectivity index (χ2n) is 6.11. The Morgan fingerprint density at radius 3 is 2.59 bits per heavy atom. The number of ether oxygens (including phenoxy) is 1. The number of likely N-dealkylation sites (tertiary alicyclic amines) is 1. The van der Waals surface area contributed by atoms with Crippen LogP contribution in [0.3, 0.4) is 0 Å². The van der Waals surface area contributed by atoms with E-state index in [4.69, 9.17) is 4.74 Å². The first-order valence-corrected chi connectivity index (χ1v) is 9.35. The van der Waals surface area contributed by atoms with Crippen molar-refractivity contribution in [2.24, 2.45) is 0 Å². The summed E-state index contributed by atoms with van der Waals surface area (Å²) in [5, 5.41) is 12.5. The van der Waals surface area contributed by atoms with Gasteiger partial charge in [0.25, 0.3) is 0 Å². The third kappa shape index (κ3) is 3.78. The Hall–Kier alpha value is -2.93. The van der Waals surface area contributed by atoms with Gasteiger partial charge in [0.15, 0.2) is 0 Å². The zero-order valence-electron chi connectivity index (χ0n) is 14.7. The normalized spacial score (nSPS) is 16.1. The van der Waals surface area contributed by atoms with E-state index in [1.807, 2.05) is 0 Å². The number of hydrogen-bond donors (Lipinski definition) is 1. The van der Waals surface area contributed by atoms with Crippen LogP contribution in [0.25, 0.3) is 0 Å². The molecule has 0 aliphatic carbocycles. The summed E-state index contributed by atoms with van der Waals surface area (Å²) in [5.41, 5.74) is 1.18. The fourth-order valence-electron chi connectivity index (χ4n) is 3.09. The fourth-order valence-corrected chi connectivity index (χ4v) is 4.32. The number of fused-ring (bicyclic) bond motifs is 1. The van der Waals surface area contributed by atoms with Gasteiger partial charge in [0, 0.05) is 24.3 Å². The third-order valence-electron chi connectivity index (χ3n) is 4.40. The van der Waals surface area contributed by atoms with Crippen molar-refractivity contribution < 1.29 is 23.9 Å². The Kier molecular flexibility index (Phi) is 5.41. The summed E-state index contributed by atoms with van der Waals surface area (Å²) in [4.78, 5) is 50.7. The average Bonchev–Trinajstić information content (AvgIpc) is 3.14. The molecule has 3 rings (SSSR count). The molecular weight excluding hydrogens is 372 g/mol. The van der Waals surface area contributed by atoms with Crippen LogP contribution in [0.2, 0.25) is 0 Å². The molecule has 1 aromatic heterocycles. The van der Waals surface area contributed by atoms with E-state index in [9.17, 15) is 24.4 Å². The molecule has 1 aromatic rings. The summed E-state index contributed by atoms with van der Waals surface area (Å²) < 4.78 is 5.01. The lowest BCUT2D eigenvalue weighted by Crippen LogP contribution is -2.36. The molecule has 142 valence electrons. The van der Waals surface area contributed by atoms with Crippen molar-refractivity contribution in [2.45, 2.75) is 32.7 Å². The zero-order chi connectivity index (χ0) is 19.6. The molecule has 0 saturated carbocycles. The van der Waals surface area contributed by atoms with E-state index in [1.54, 1.807) is 11.8 Å². The minimum absolute atomic E-state index is 0.118. The van der Waals surface area contributed by atoms with Gasteiger partial charge in [-0.3, -0.25) is 19.3 Å². The van der Waals surface area contributed by atoms with Crippen molar-refractivity contribution in [1.29, 1.82) is 5.26 Å². The molecule has 2 aliphatic rings. The first-order chi connectivity index (χ1) is 12.9. The van der Waals surface area contributed by atoms with Crippen LogP contribution in [0.15, 0.2) is 0 Å². The molecule has 1 fully saturated rings. The Morgan fingerprint density at radius 2 is 1.96 bits per heavy atom. The molecule has 0 spiro atoms. The van der Waals surface area contributed by atoms with Crippen LogP contribution in [-0.2, 0) is 32.1 Å². The van der Waals surface area contributed by atoms with E-state index >= 15 is 0 Å². The molecule has 0 atom stereocenters. The van der Waals surface area contributed by atoms with Crippen LogP contribution in [0.5, 0.6) is 0 Å². The lowest BCUT2D eigenvalue weighted by molar-refractivity contribution is -0.141. The maximum absolute atomic E-state index is 12.3. The van der Waals surface area contributed by atoms with Gasteiger partial charge >= 0.3 is 6.09 Å². The molecule has 0 unspecified atom stereocenters. The monoisotopic (exact) mass is 390 g/mol. The topological polar surface area (TPSA) is 120 Å². The van der Waals surface area contributed by atoms with Gasteiger partial charge in [-0.15, -0.1) is 11.3 Å². The van der Waals surface area contributed by atoms with Crippen molar-refractivity contribution in [1.82, 2.24) is 9.80 Å². The molecule has 9 nitrogen and oxygen atoms in total. The van der Waals surface area contributed by atoms with E-state index in [1.165, 1.54) is 11.3 Å². The Bertz CT molecular complexity index is 840. The largest absolute Gasteiger partial charge is 0.450 e. The Morgan fingerprint density at radius 1 is 1.26 bits per heavy atom. The van der Waals surface area contributed by atoms with Crippen LogP contribution >= 0.6 is 11.3 Å². The summed E-state index contributed by atoms with van der Waals surface area (Å²) in [5.74, 6) is -1.27. The number of hydrogen-bond acceptors (Lipinski definition) is 7. The minimum Gasteiger partial charge on any atom is -0.450 e. The van der Waals surface area contributed by atoms with Crippen LogP contribution in [0.4, 0.5) is 9.80 Å². The maximum Gasteiger partial charge on any atom is 0.410 e. The number of amides is 4. The summed E-state index contributed by atoms with van der Waals surface area (Å²) in [6.07, 6.45) is 0.317. The SMILES string of the molecule is CCOC(=O)N1CCc2c(sc(NC(=O)CN3C(=O)CCC3=O)c2C#N)C1. The smallest absolute Gasteiger partial charge is 0.410 e. The van der Waals surface area contributed by atoms with Gasteiger partial charge < -0.3 is 15.0 Å². The number of thiophene rings is 1. The van der Waals surface area contributed by atoms with Crippen LogP contribution in [-0.4, -0.2) is 53.3 Å². The lowest BCUT2D eigenvalue weighted by atomic mass is 10.0. The lowest BCUT2D eigenvalue weighted by Gasteiger charge is -2.25. The van der Waals surface area contributed by atoms with Crippen molar-refractivity contribution >= 4 is 40.2 Å². The van der Waals surface area contributed by atoms with Crippen LogP contribution in [0.1, 0.15) is 35.8 Å². The number of carbonyl (C=O) groups is 4. The first kappa shape index (κ1) is 18.8. The van der Waals surface area contributed by atoms with Gasteiger partial charge in [0.05, 0.1) is 18.7 Å². The highest BCUT2D eigenvalue weighted by molar-refractivity contribution is 7.16. The first-order valence-electron chi connectivity index (χ1n) is 8.54. The molecule has 10 heteroatoms.